The van der Waals surface area contributed by atoms with Gasteiger partial charge in [-0.15, -0.1) is 4.49 Å². The van der Waals surface area contributed by atoms with Crippen LogP contribution in [0.1, 0.15) is 24.9 Å². The molecule has 0 saturated heterocycles. The number of nitrogens with one attached hydrogen (secondary N) is 2. The minimum Gasteiger partial charge on any atom is -0.364 e. The highest BCUT2D eigenvalue weighted by atomic mass is 32.2. The predicted molar refractivity (Wildman–Crippen MR) is 148 cm³/mol. The van der Waals surface area contributed by atoms with Crippen LogP contribution in [-0.4, -0.2) is 33.2 Å². The molecular weight excluding hydrogens is 525 g/mol. The normalized spacial score (nSPS) is 12.4. The van der Waals surface area contributed by atoms with Crippen LogP contribution in [0.25, 0.3) is 27.6 Å². The smallest absolute Gasteiger partial charge is 0.364 e. The van der Waals surface area contributed by atoms with Crippen LogP contribution in [0, 0.1) is 0 Å². The summed E-state index contributed by atoms with van der Waals surface area (Å²) in [6.07, 6.45) is 2.87. The fourth-order valence-corrected chi connectivity index (χ4v) is 6.23. The molecular formula is C26H26N5O5PS. The van der Waals surface area contributed by atoms with Crippen LogP contribution in [0.4, 0.5) is 5.82 Å². The van der Waals surface area contributed by atoms with Crippen molar-refractivity contribution >= 4 is 40.1 Å². The number of hydrogen-bond donors (Lipinski definition) is 4. The molecule has 0 aliphatic rings. The molecule has 2 aromatic carbocycles. The lowest BCUT2D eigenvalue weighted by Gasteiger charge is -2.15. The standard InChI is InChI=1S/C26H26N5O5PS/c1-3-21(38(35,36)31-37(32,33)34)16-18(2)25-29-23-14-9-13-22(19-10-5-4-6-11-19)24(23)26(30-25)28-17-20-12-7-8-15-27-20/h4-16H,2-3,17H2,1H3,(H,28,29,30)(H3,31,32,33,34)/b21-16+. The molecule has 196 valence electrons. The van der Waals surface area contributed by atoms with E-state index >= 15 is 0 Å². The second-order valence-corrected chi connectivity index (χ2v) is 11.6. The Kier molecular flexibility index (Phi) is 8.15. The van der Waals surface area contributed by atoms with Gasteiger partial charge < -0.3 is 15.1 Å². The molecule has 0 aliphatic heterocycles. The van der Waals surface area contributed by atoms with Crippen LogP contribution >= 0.6 is 7.75 Å². The number of sulfonamides is 1. The van der Waals surface area contributed by atoms with Gasteiger partial charge in [0.2, 0.25) is 10.0 Å². The third-order valence-corrected chi connectivity index (χ3v) is 8.54. The summed E-state index contributed by atoms with van der Waals surface area (Å²) in [5, 5.41) is 4.09. The van der Waals surface area contributed by atoms with Crippen LogP contribution in [0.2, 0.25) is 0 Å². The van der Waals surface area contributed by atoms with Crippen LogP contribution in [0.15, 0.2) is 90.5 Å². The first kappa shape index (κ1) is 27.3. The van der Waals surface area contributed by atoms with E-state index in [0.29, 0.717) is 17.9 Å². The summed E-state index contributed by atoms with van der Waals surface area (Å²) in [6.45, 7) is 5.86. The maximum absolute atomic E-state index is 12.5. The molecule has 10 nitrogen and oxygen atoms in total. The second kappa shape index (κ2) is 11.3. The van der Waals surface area contributed by atoms with E-state index in [1.54, 1.807) is 13.1 Å². The lowest BCUT2D eigenvalue weighted by molar-refractivity contribution is 0.368. The average Bonchev–Trinajstić information content (AvgIpc) is 2.89. The topological polar surface area (TPSA) is 154 Å². The molecule has 0 fully saturated rings. The van der Waals surface area contributed by atoms with Crippen molar-refractivity contribution in [3.8, 4) is 11.1 Å². The van der Waals surface area contributed by atoms with Crippen molar-refractivity contribution in [2.75, 3.05) is 5.32 Å². The van der Waals surface area contributed by atoms with Gasteiger partial charge in [0.05, 0.1) is 28.0 Å². The molecule has 2 aromatic heterocycles. The molecule has 0 radical (unpaired) electrons. The number of pyridine rings is 1. The van der Waals surface area contributed by atoms with E-state index in [-0.39, 0.29) is 22.7 Å². The molecule has 4 aromatic rings. The summed E-state index contributed by atoms with van der Waals surface area (Å²) >= 11 is 0. The molecule has 38 heavy (non-hydrogen) atoms. The molecule has 0 unspecified atom stereocenters. The molecule has 0 amide bonds. The van der Waals surface area contributed by atoms with Gasteiger partial charge in [0.15, 0.2) is 5.82 Å². The highest BCUT2D eigenvalue weighted by molar-refractivity contribution is 7.97. The highest BCUT2D eigenvalue weighted by Gasteiger charge is 2.26. The Labute approximate surface area is 220 Å². The summed E-state index contributed by atoms with van der Waals surface area (Å²) in [5.41, 5.74) is 3.42. The molecule has 4 rings (SSSR count). The lowest BCUT2D eigenvalue weighted by atomic mass is 10.0. The summed E-state index contributed by atoms with van der Waals surface area (Å²) < 4.78 is 37.7. The zero-order chi connectivity index (χ0) is 27.3. The quantitative estimate of drug-likeness (QED) is 0.163. The van der Waals surface area contributed by atoms with Crippen LogP contribution < -0.4 is 9.81 Å². The predicted octanol–water partition coefficient (Wildman–Crippen LogP) is 4.62. The molecule has 4 N–H and O–H groups in total. The number of nitrogens with zero attached hydrogens (tertiary/aromatic N) is 3. The molecule has 12 heteroatoms. The number of fused-ring (bicyclic) bond motifs is 1. The molecule has 0 atom stereocenters. The third-order valence-electron chi connectivity index (χ3n) is 5.53. The molecule has 0 aliphatic carbocycles. The molecule has 0 bridgehead atoms. The monoisotopic (exact) mass is 551 g/mol. The van der Waals surface area contributed by atoms with Crippen molar-refractivity contribution in [2.45, 2.75) is 19.9 Å². The van der Waals surface area contributed by atoms with E-state index in [4.69, 9.17) is 9.79 Å². The van der Waals surface area contributed by atoms with Crippen molar-refractivity contribution in [3.05, 3.63) is 102 Å². The first-order chi connectivity index (χ1) is 18.1. The van der Waals surface area contributed by atoms with Crippen molar-refractivity contribution in [2.24, 2.45) is 0 Å². The molecule has 0 saturated carbocycles. The van der Waals surface area contributed by atoms with Crippen molar-refractivity contribution in [1.82, 2.24) is 19.4 Å². The molecule has 2 heterocycles. The lowest BCUT2D eigenvalue weighted by Crippen LogP contribution is -2.22. The van der Waals surface area contributed by atoms with Gasteiger partial charge in [-0.1, -0.05) is 62.0 Å². The Morgan fingerprint density at radius 1 is 1.03 bits per heavy atom. The Bertz CT molecular complexity index is 1660. The first-order valence-electron chi connectivity index (χ1n) is 11.6. The van der Waals surface area contributed by atoms with Crippen LogP contribution in [0.3, 0.4) is 0 Å². The summed E-state index contributed by atoms with van der Waals surface area (Å²) in [4.78, 5) is 31.6. The minimum absolute atomic E-state index is 0.0368. The SMILES string of the molecule is C=C(/C=C(\CC)S(=O)(=O)NP(=O)(O)O)c1nc(NCc2ccccn2)c2c(-c3ccccc3)cccc2n1. The fourth-order valence-electron chi connectivity index (χ4n) is 3.83. The van der Waals surface area contributed by atoms with Crippen LogP contribution in [-0.2, 0) is 21.1 Å². The number of aromatic nitrogens is 3. The van der Waals surface area contributed by atoms with Crippen LogP contribution in [0.5, 0.6) is 0 Å². The first-order valence-corrected chi connectivity index (χ1v) is 14.7. The minimum atomic E-state index is -5.04. The van der Waals surface area contributed by atoms with E-state index in [2.05, 4.69) is 26.8 Å². The van der Waals surface area contributed by atoms with Gasteiger partial charge in [-0.3, -0.25) is 4.98 Å². The van der Waals surface area contributed by atoms with Gasteiger partial charge in [-0.2, -0.15) is 0 Å². The van der Waals surface area contributed by atoms with E-state index in [9.17, 15) is 13.0 Å². The van der Waals surface area contributed by atoms with E-state index < -0.39 is 17.8 Å². The van der Waals surface area contributed by atoms with Gasteiger partial charge in [-0.05, 0) is 41.8 Å². The Morgan fingerprint density at radius 2 is 1.76 bits per heavy atom. The van der Waals surface area contributed by atoms with Gasteiger partial charge in [-0.25, -0.2) is 23.0 Å². The van der Waals surface area contributed by atoms with E-state index in [1.807, 2.05) is 66.7 Å². The summed E-state index contributed by atoms with van der Waals surface area (Å²) in [6, 6.07) is 21.0. The second-order valence-electron chi connectivity index (χ2n) is 8.26. The summed E-state index contributed by atoms with van der Waals surface area (Å²) in [7, 11) is -9.51. The maximum atomic E-state index is 12.5. The van der Waals surface area contributed by atoms with Crippen molar-refractivity contribution in [3.63, 3.8) is 0 Å². The Hall–Kier alpha value is -3.73. The van der Waals surface area contributed by atoms with Gasteiger partial charge in [0.25, 0.3) is 0 Å². The largest absolute Gasteiger partial charge is 0.414 e. The number of anilines is 1. The third kappa shape index (κ3) is 6.58. The molecule has 0 spiro atoms. The maximum Gasteiger partial charge on any atom is 0.414 e. The number of hydrogen-bond acceptors (Lipinski definition) is 7. The van der Waals surface area contributed by atoms with Gasteiger partial charge >= 0.3 is 7.75 Å². The highest BCUT2D eigenvalue weighted by Crippen LogP contribution is 2.35. The number of rotatable bonds is 10. The average molecular weight is 552 g/mol. The number of benzene rings is 2. The van der Waals surface area contributed by atoms with Gasteiger partial charge in [0.1, 0.15) is 5.82 Å². The van der Waals surface area contributed by atoms with E-state index in [1.165, 1.54) is 10.6 Å². The van der Waals surface area contributed by atoms with Gasteiger partial charge in [0, 0.05) is 11.8 Å². The zero-order valence-electron chi connectivity index (χ0n) is 20.4. The van der Waals surface area contributed by atoms with Crippen molar-refractivity contribution < 1.29 is 22.8 Å². The number of allylic oxidation sites excluding steroid dienone is 3. The Balaban J connectivity index is 1.82. The van der Waals surface area contributed by atoms with E-state index in [0.717, 1.165) is 22.2 Å². The zero-order valence-corrected chi connectivity index (χ0v) is 22.2. The summed E-state index contributed by atoms with van der Waals surface area (Å²) in [5.74, 6) is 0.655. The fraction of sp³-hybridized carbons (Fsp3) is 0.115. The van der Waals surface area contributed by atoms with Crippen molar-refractivity contribution in [1.29, 1.82) is 0 Å². The Morgan fingerprint density at radius 3 is 2.42 bits per heavy atom.